The second-order valence-electron chi connectivity index (χ2n) is 10.3. The van der Waals surface area contributed by atoms with Crippen molar-refractivity contribution in [2.24, 2.45) is 5.92 Å². The molecule has 0 radical (unpaired) electrons. The zero-order valence-electron chi connectivity index (χ0n) is 21.0. The summed E-state index contributed by atoms with van der Waals surface area (Å²) in [5.74, 6) is 0.859. The first kappa shape index (κ1) is 28.8. The molecule has 31 heavy (non-hydrogen) atoms. The molecule has 182 valence electrons. The highest BCUT2D eigenvalue weighted by molar-refractivity contribution is 8.29. The lowest BCUT2D eigenvalue weighted by atomic mass is 9.91. The first-order valence-corrected chi connectivity index (χ1v) is 14.8. The average molecular weight is 474 g/mol. The van der Waals surface area contributed by atoms with Crippen LogP contribution in [0.15, 0.2) is 24.3 Å². The van der Waals surface area contributed by atoms with Crippen LogP contribution in [0.2, 0.25) is 5.02 Å². The maximum Gasteiger partial charge on any atom is 0.0726 e. The number of hydrogen-bond acceptors (Lipinski definition) is 3. The van der Waals surface area contributed by atoms with Crippen LogP contribution in [0, 0.1) is 5.92 Å². The molecule has 1 heterocycles. The molecule has 1 aromatic carbocycles. The maximum atomic E-state index is 9.43. The standard InChI is InChI=1S/C12H16ClN.C11H24O2S.C3H8/c13-12-3-1-10(2-4-12)9-11-5-7-14-8-6-11;1-11(2,3)14(4,5)13-10-7-6-9(12)8-10;1-3-2/h1-4,11,14H,5-9H2;9-10,12H,6-8H2,1-5H3;3H2,1-2H3. The van der Waals surface area contributed by atoms with Crippen molar-refractivity contribution in [3.05, 3.63) is 34.9 Å². The molecule has 0 spiro atoms. The number of piperidine rings is 1. The third kappa shape index (κ3) is 11.4. The van der Waals surface area contributed by atoms with Gasteiger partial charge in [0, 0.05) is 16.2 Å². The third-order valence-corrected chi connectivity index (χ3v) is 10.1. The number of rotatable bonds is 4. The number of benzene rings is 1. The van der Waals surface area contributed by atoms with Crippen molar-refractivity contribution in [2.75, 3.05) is 25.6 Å². The molecule has 5 heteroatoms. The summed E-state index contributed by atoms with van der Waals surface area (Å²) < 4.78 is 6.38. The van der Waals surface area contributed by atoms with Gasteiger partial charge in [-0.05, 0) is 81.3 Å². The predicted molar refractivity (Wildman–Crippen MR) is 141 cm³/mol. The fraction of sp³-hybridized carbons (Fsp3) is 0.769. The van der Waals surface area contributed by atoms with E-state index < -0.39 is 10.3 Å². The highest BCUT2D eigenvalue weighted by atomic mass is 35.5. The van der Waals surface area contributed by atoms with Gasteiger partial charge in [-0.15, -0.1) is 10.3 Å². The average Bonchev–Trinajstić information content (AvgIpc) is 3.09. The van der Waals surface area contributed by atoms with E-state index in [0.717, 1.165) is 30.2 Å². The minimum atomic E-state index is -1.02. The summed E-state index contributed by atoms with van der Waals surface area (Å²) in [5, 5.41) is 13.6. The molecule has 2 atom stereocenters. The van der Waals surface area contributed by atoms with Gasteiger partial charge in [0.25, 0.3) is 0 Å². The summed E-state index contributed by atoms with van der Waals surface area (Å²) in [5.41, 5.74) is 1.42. The highest BCUT2D eigenvalue weighted by Crippen LogP contribution is 2.55. The Labute approximate surface area is 199 Å². The van der Waals surface area contributed by atoms with Gasteiger partial charge in [-0.25, -0.2) is 0 Å². The van der Waals surface area contributed by atoms with Gasteiger partial charge in [-0.3, -0.25) is 0 Å². The number of hydrogen-bond donors (Lipinski definition) is 2. The molecule has 0 aromatic heterocycles. The third-order valence-electron chi connectivity index (χ3n) is 6.10. The summed E-state index contributed by atoms with van der Waals surface area (Å²) in [6, 6.07) is 8.25. The van der Waals surface area contributed by atoms with Gasteiger partial charge in [0.2, 0.25) is 0 Å². The molecule has 1 aliphatic carbocycles. The molecule has 1 aliphatic heterocycles. The highest BCUT2D eigenvalue weighted by Gasteiger charge is 2.34. The van der Waals surface area contributed by atoms with Gasteiger partial charge in [-0.1, -0.05) is 64.8 Å². The van der Waals surface area contributed by atoms with Crippen LogP contribution < -0.4 is 5.32 Å². The number of aliphatic hydroxyl groups is 1. The topological polar surface area (TPSA) is 41.5 Å². The van der Waals surface area contributed by atoms with Crippen molar-refractivity contribution in [1.82, 2.24) is 5.32 Å². The van der Waals surface area contributed by atoms with Crippen molar-refractivity contribution < 1.29 is 9.29 Å². The predicted octanol–water partition coefficient (Wildman–Crippen LogP) is 6.99. The first-order chi connectivity index (χ1) is 14.5. The quantitative estimate of drug-likeness (QED) is 0.494. The van der Waals surface area contributed by atoms with Gasteiger partial charge in [-0.2, -0.15) is 0 Å². The van der Waals surface area contributed by atoms with E-state index in [1.807, 2.05) is 12.1 Å². The van der Waals surface area contributed by atoms with E-state index in [-0.39, 0.29) is 17.0 Å². The van der Waals surface area contributed by atoms with Crippen molar-refractivity contribution in [1.29, 1.82) is 0 Å². The van der Waals surface area contributed by atoms with E-state index in [2.05, 4.69) is 64.6 Å². The Balaban J connectivity index is 0.000000275. The van der Waals surface area contributed by atoms with Crippen LogP contribution in [0.1, 0.15) is 78.7 Å². The van der Waals surface area contributed by atoms with E-state index in [0.29, 0.717) is 0 Å². The molecule has 2 aliphatic rings. The van der Waals surface area contributed by atoms with Crippen molar-refractivity contribution in [2.45, 2.75) is 96.5 Å². The fourth-order valence-corrected chi connectivity index (χ4v) is 4.80. The monoisotopic (exact) mass is 473 g/mol. The summed E-state index contributed by atoms with van der Waals surface area (Å²) in [6.45, 7) is 13.3. The molecule has 0 amide bonds. The van der Waals surface area contributed by atoms with Gasteiger partial charge < -0.3 is 14.6 Å². The smallest absolute Gasteiger partial charge is 0.0726 e. The Morgan fingerprint density at radius 3 is 2.03 bits per heavy atom. The Morgan fingerprint density at radius 2 is 1.58 bits per heavy atom. The molecular formula is C26H48ClNO2S. The van der Waals surface area contributed by atoms with Crippen molar-refractivity contribution in [3.8, 4) is 0 Å². The second kappa shape index (κ2) is 14.1. The zero-order chi connectivity index (χ0) is 23.5. The molecule has 2 N–H and O–H groups in total. The van der Waals surface area contributed by atoms with Crippen LogP contribution in [0.5, 0.6) is 0 Å². The molecular weight excluding hydrogens is 426 g/mol. The number of halogens is 1. The van der Waals surface area contributed by atoms with Crippen LogP contribution in [0.25, 0.3) is 0 Å². The van der Waals surface area contributed by atoms with E-state index in [1.54, 1.807) is 0 Å². The van der Waals surface area contributed by atoms with Crippen LogP contribution in [0.3, 0.4) is 0 Å². The van der Waals surface area contributed by atoms with Crippen LogP contribution >= 0.6 is 21.9 Å². The van der Waals surface area contributed by atoms with Gasteiger partial charge in [0.1, 0.15) is 0 Å². The van der Waals surface area contributed by atoms with Gasteiger partial charge >= 0.3 is 0 Å². The Kier molecular flexibility index (Phi) is 13.1. The fourth-order valence-electron chi connectivity index (χ4n) is 3.53. The molecule has 1 aromatic rings. The molecule has 3 rings (SSSR count). The SMILES string of the molecule is CC(C)(C)S(C)(C)OC1CCC(O)C1.CCC.Clc1ccc(CC2CCNCC2)cc1. The van der Waals surface area contributed by atoms with E-state index in [1.165, 1.54) is 44.3 Å². The molecule has 2 unspecified atom stereocenters. The number of aliphatic hydroxyl groups excluding tert-OH is 1. The van der Waals surface area contributed by atoms with Gasteiger partial charge in [0.15, 0.2) is 0 Å². The molecule has 2 fully saturated rings. The largest absolute Gasteiger partial charge is 0.393 e. The maximum absolute atomic E-state index is 9.43. The summed E-state index contributed by atoms with van der Waals surface area (Å²) in [4.78, 5) is 0. The van der Waals surface area contributed by atoms with Crippen LogP contribution in [-0.2, 0) is 10.6 Å². The van der Waals surface area contributed by atoms with Crippen molar-refractivity contribution in [3.63, 3.8) is 0 Å². The molecule has 0 bridgehead atoms. The minimum absolute atomic E-state index is 0.129. The van der Waals surface area contributed by atoms with E-state index >= 15 is 0 Å². The summed E-state index contributed by atoms with van der Waals surface area (Å²) in [7, 11) is -1.02. The minimum Gasteiger partial charge on any atom is -0.393 e. The van der Waals surface area contributed by atoms with Crippen LogP contribution in [-0.4, -0.2) is 47.7 Å². The molecule has 1 saturated heterocycles. The van der Waals surface area contributed by atoms with E-state index in [9.17, 15) is 5.11 Å². The van der Waals surface area contributed by atoms with Crippen molar-refractivity contribution >= 4 is 21.9 Å². The Bertz CT molecular complexity index is 594. The lowest BCUT2D eigenvalue weighted by molar-refractivity contribution is 0.157. The first-order valence-electron chi connectivity index (χ1n) is 12.0. The lowest BCUT2D eigenvalue weighted by Gasteiger charge is -2.45. The van der Waals surface area contributed by atoms with Gasteiger partial charge in [0.05, 0.1) is 12.2 Å². The summed E-state index contributed by atoms with van der Waals surface area (Å²) >= 11 is 5.84. The second-order valence-corrected chi connectivity index (χ2v) is 14.6. The Hall–Kier alpha value is -0.260. The molecule has 3 nitrogen and oxygen atoms in total. The molecule has 1 saturated carbocycles. The lowest BCUT2D eigenvalue weighted by Crippen LogP contribution is -2.28. The Morgan fingerprint density at radius 1 is 1.03 bits per heavy atom. The normalized spacial score (nSPS) is 22.7. The number of nitrogens with one attached hydrogen (secondary N) is 1. The summed E-state index contributed by atoms with van der Waals surface area (Å²) in [6.07, 6.45) is 12.4. The zero-order valence-corrected chi connectivity index (χ0v) is 22.6. The van der Waals surface area contributed by atoms with Crippen LogP contribution in [0.4, 0.5) is 0 Å². The van der Waals surface area contributed by atoms with E-state index in [4.69, 9.17) is 15.8 Å².